The van der Waals surface area contributed by atoms with Gasteiger partial charge in [0.1, 0.15) is 127 Å². The number of ketones is 1. The number of ether oxygens (including phenoxy) is 11. The Hall–Kier alpha value is -4.06. The molecule has 5 heterocycles. The predicted octanol–water partition coefficient (Wildman–Crippen LogP) is -10.8. The second-order valence-corrected chi connectivity index (χ2v) is 18.9. The van der Waals surface area contributed by atoms with Crippen LogP contribution in [0.15, 0.2) is 24.3 Å². The molecule has 33 heteroatoms. The molecule has 0 aliphatic carbocycles. The first-order valence-electron chi connectivity index (χ1n) is 24.3. The fourth-order valence-corrected chi connectivity index (χ4v) is 9.58. The van der Waals surface area contributed by atoms with Gasteiger partial charge in [-0.05, 0) is 24.3 Å². The number of hydrogen-bond acceptors (Lipinski definition) is 30. The van der Waals surface area contributed by atoms with Gasteiger partial charge in [0.25, 0.3) is 5.78 Å². The zero-order valence-electron chi connectivity index (χ0n) is 41.8. The molecule has 6 rings (SSSR count). The molecule has 1 aromatic carbocycles. The van der Waals surface area contributed by atoms with E-state index >= 15 is 0 Å². The van der Waals surface area contributed by atoms with Crippen molar-refractivity contribution in [2.24, 2.45) is 0 Å². The van der Waals surface area contributed by atoms with Crippen molar-refractivity contribution in [2.45, 2.75) is 179 Å². The fourth-order valence-electron chi connectivity index (χ4n) is 9.58. The third-order valence-corrected chi connectivity index (χ3v) is 13.6. The van der Waals surface area contributed by atoms with Gasteiger partial charge >= 0.3 is 5.97 Å². The van der Waals surface area contributed by atoms with Crippen molar-refractivity contribution in [1.82, 2.24) is 10.6 Å². The summed E-state index contributed by atoms with van der Waals surface area (Å²) in [7, 11) is 1.43. The van der Waals surface area contributed by atoms with Gasteiger partial charge in [0, 0.05) is 20.3 Å². The maximum Gasteiger partial charge on any atom is 0.378 e. The maximum atomic E-state index is 13.5. The van der Waals surface area contributed by atoms with E-state index < -0.39 is 222 Å². The first kappa shape index (κ1) is 63.1. The molecule has 5 aliphatic rings. The number of carbonyl (C=O) groups is 4. The van der Waals surface area contributed by atoms with E-state index in [4.69, 9.17) is 52.1 Å². The van der Waals surface area contributed by atoms with Crippen molar-refractivity contribution in [1.29, 1.82) is 0 Å². The summed E-state index contributed by atoms with van der Waals surface area (Å²) in [6, 6.07) is 2.39. The van der Waals surface area contributed by atoms with Gasteiger partial charge in [-0.2, -0.15) is 0 Å². The molecule has 0 bridgehead atoms. The number of carboxylic acid groups (broad SMARTS) is 1. The minimum atomic E-state index is -3.35. The van der Waals surface area contributed by atoms with Gasteiger partial charge in [-0.25, -0.2) is 4.79 Å². The number of aliphatic carboxylic acids is 1. The third-order valence-electron chi connectivity index (χ3n) is 13.6. The molecule has 5 fully saturated rings. The number of benzene rings is 1. The molecule has 1 aromatic rings. The van der Waals surface area contributed by atoms with Crippen molar-refractivity contribution in [3.63, 3.8) is 0 Å². The van der Waals surface area contributed by atoms with E-state index in [1.807, 2.05) is 0 Å². The molecule has 5 saturated heterocycles. The zero-order valence-corrected chi connectivity index (χ0v) is 41.8. The van der Waals surface area contributed by atoms with E-state index in [0.717, 1.165) is 13.8 Å². The Morgan fingerprint density at radius 1 is 0.590 bits per heavy atom. The molecule has 33 nitrogen and oxygen atoms in total. The van der Waals surface area contributed by atoms with Gasteiger partial charge in [-0.1, -0.05) is 0 Å². The number of methoxy groups -OCH3 is 1. The van der Waals surface area contributed by atoms with E-state index in [-0.39, 0.29) is 5.75 Å². The summed E-state index contributed by atoms with van der Waals surface area (Å²) in [4.78, 5) is 50.6. The Balaban J connectivity index is 1.23. The summed E-state index contributed by atoms with van der Waals surface area (Å²) in [5, 5.41) is 178. The molecule has 18 N–H and O–H groups in total. The first-order valence-corrected chi connectivity index (χ1v) is 24.3. The number of rotatable bonds is 22. The molecule has 0 unspecified atom stereocenters. The Morgan fingerprint density at radius 2 is 1.05 bits per heavy atom. The van der Waals surface area contributed by atoms with Crippen LogP contribution in [0.2, 0.25) is 0 Å². The molecule has 2 amide bonds. The number of hydrogen-bond donors (Lipinski definition) is 18. The highest BCUT2D eigenvalue weighted by molar-refractivity contribution is 6.35. The number of carbonyl (C=O) groups excluding carboxylic acids is 3. The lowest BCUT2D eigenvalue weighted by molar-refractivity contribution is -0.388. The Morgan fingerprint density at radius 3 is 1.55 bits per heavy atom. The fraction of sp³-hybridized carbons (Fsp3) is 0.778. The normalized spacial score (nSPS) is 41.9. The minimum absolute atomic E-state index is 0.159. The summed E-state index contributed by atoms with van der Waals surface area (Å²) >= 11 is 0. The van der Waals surface area contributed by atoms with Crippen molar-refractivity contribution >= 4 is 23.6 Å². The standard InChI is InChI=1S/C45H68N2O31/c1-14(53)46-24-18(55)8-45(39(65)40(66)67,77-36(24)26(57)19(56)9-48)78-38-28(59)21(11-50)71-44(33(38)64)74-34-22(12-51)72-41(25(29(34)60)47-15(2)54)76-37-27(58)20(10-49)70-43(32(37)63)75-35-23(13-52)73-42(31(62)30(35)61)69-17-6-4-16(68-3)5-7-17/h4-7,18-38,41-44,48-52,55-64H,8-13H2,1-3H3,(H,46,53)(H,47,54)(H,66,67)/t18-,19+,20+,21+,22+,23+,24+,25+,26+,27-,28-,29+,30+,31+,32+,33+,34+,35+,36+,37-,38-,41-,42+,43-,44-,45-/m0/s1. The smallest absolute Gasteiger partial charge is 0.378 e. The second-order valence-electron chi connectivity index (χ2n) is 18.9. The molecular weight excluding hydrogens is 1060 g/mol. The van der Waals surface area contributed by atoms with Crippen molar-refractivity contribution in [2.75, 3.05) is 40.1 Å². The number of amides is 2. The van der Waals surface area contributed by atoms with Gasteiger partial charge in [0.2, 0.25) is 23.9 Å². The lowest BCUT2D eigenvalue weighted by Crippen LogP contribution is -2.72. The SMILES string of the molecule is COc1ccc(O[C@@H]2O[C@H](CO)[C@@H](O[C@@H]3O[C@H](CO)[C@H](O)[C@H](O[C@@H]4O[C@H](CO)[C@@H](O[C@@H]5O[C@H](CO)[C@H](O)[C@H](O[C@]6(C(=O)C(=O)O)C[C@H](O)[C@@H](NC(C)=O)[C@H]([C@H](O)[C@H](O)CO)O6)[C@H]5O)[C@H](O)[C@H]4NC(C)=O)[C@H]3O)[C@H](O)[C@H]2O)cc1. The van der Waals surface area contributed by atoms with Crippen LogP contribution in [0.25, 0.3) is 0 Å². The van der Waals surface area contributed by atoms with Crippen LogP contribution in [-0.2, 0) is 61.8 Å². The number of aliphatic hydroxyl groups excluding tert-OH is 15. The minimum Gasteiger partial charge on any atom is -0.497 e. The lowest BCUT2D eigenvalue weighted by Gasteiger charge is -2.51. The maximum absolute atomic E-state index is 13.5. The second kappa shape index (κ2) is 27.1. The molecule has 5 aliphatic heterocycles. The van der Waals surface area contributed by atoms with Crippen LogP contribution in [0.4, 0.5) is 0 Å². The molecule has 0 saturated carbocycles. The average Bonchev–Trinajstić information content (AvgIpc) is 3.41. The van der Waals surface area contributed by atoms with E-state index in [9.17, 15) is 101 Å². The lowest BCUT2D eigenvalue weighted by atomic mass is 9.86. The summed E-state index contributed by atoms with van der Waals surface area (Å²) in [5.74, 6) is -8.86. The zero-order chi connectivity index (χ0) is 57.7. The van der Waals surface area contributed by atoms with Gasteiger partial charge in [-0.15, -0.1) is 0 Å². The third kappa shape index (κ3) is 13.6. The van der Waals surface area contributed by atoms with Crippen LogP contribution >= 0.6 is 0 Å². The molecular formula is C45H68N2O31. The number of carboxylic acids is 1. The van der Waals surface area contributed by atoms with Crippen LogP contribution in [-0.4, -0.2) is 304 Å². The molecule has 26 atom stereocenters. The number of nitrogens with one attached hydrogen (secondary N) is 2. The largest absolute Gasteiger partial charge is 0.497 e. The summed E-state index contributed by atoms with van der Waals surface area (Å²) in [6.45, 7) is -3.42. The van der Waals surface area contributed by atoms with Crippen LogP contribution in [0.3, 0.4) is 0 Å². The molecule has 78 heavy (non-hydrogen) atoms. The van der Waals surface area contributed by atoms with E-state index in [2.05, 4.69) is 10.6 Å². The quantitative estimate of drug-likeness (QED) is 0.0479. The topological polar surface area (TPSA) is 518 Å². The summed E-state index contributed by atoms with van der Waals surface area (Å²) in [6.07, 6.45) is -47.9. The van der Waals surface area contributed by atoms with Crippen molar-refractivity contribution in [3.8, 4) is 11.5 Å². The van der Waals surface area contributed by atoms with Crippen molar-refractivity contribution < 1.29 is 153 Å². The van der Waals surface area contributed by atoms with Gasteiger partial charge in [0.15, 0.2) is 18.9 Å². The Kier molecular flexibility index (Phi) is 22.0. The number of Topliss-reactive ketones (excluding diaryl/α,β-unsaturated/α-hetero) is 1. The van der Waals surface area contributed by atoms with Crippen LogP contribution in [0.5, 0.6) is 11.5 Å². The predicted molar refractivity (Wildman–Crippen MR) is 243 cm³/mol. The number of aliphatic hydroxyl groups is 15. The highest BCUT2D eigenvalue weighted by Gasteiger charge is 2.62. The van der Waals surface area contributed by atoms with E-state index in [1.165, 1.54) is 31.4 Å². The Labute approximate surface area is 441 Å². The van der Waals surface area contributed by atoms with E-state index in [1.54, 1.807) is 0 Å². The van der Waals surface area contributed by atoms with Crippen LogP contribution in [0, 0.1) is 0 Å². The molecule has 0 spiro atoms. The Bertz CT molecular complexity index is 2130. The first-order chi connectivity index (χ1) is 36.9. The molecule has 0 aromatic heterocycles. The van der Waals surface area contributed by atoms with Crippen LogP contribution < -0.4 is 20.1 Å². The molecule has 444 valence electrons. The average molecular weight is 1130 g/mol. The highest BCUT2D eigenvalue weighted by atomic mass is 16.8. The molecule has 0 radical (unpaired) electrons. The summed E-state index contributed by atoms with van der Waals surface area (Å²) < 4.78 is 62.6. The monoisotopic (exact) mass is 1130 g/mol. The van der Waals surface area contributed by atoms with E-state index in [0.29, 0.717) is 5.75 Å². The van der Waals surface area contributed by atoms with Gasteiger partial charge in [0.05, 0.1) is 52.3 Å². The summed E-state index contributed by atoms with van der Waals surface area (Å²) in [5.41, 5.74) is 0. The highest BCUT2D eigenvalue weighted by Crippen LogP contribution is 2.40. The van der Waals surface area contributed by atoms with Gasteiger partial charge < -0.3 is 144 Å². The van der Waals surface area contributed by atoms with Gasteiger partial charge in [-0.3, -0.25) is 14.4 Å². The van der Waals surface area contributed by atoms with Crippen molar-refractivity contribution in [3.05, 3.63) is 24.3 Å². The van der Waals surface area contributed by atoms with Crippen LogP contribution in [0.1, 0.15) is 20.3 Å².